The number of benzene rings is 2. The Morgan fingerprint density at radius 2 is 1.70 bits per heavy atom. The molecule has 0 aliphatic carbocycles. The van der Waals surface area contributed by atoms with Crippen LogP contribution in [0.2, 0.25) is 0 Å². The maximum Gasteiger partial charge on any atom is 0.132 e. The van der Waals surface area contributed by atoms with Crippen molar-refractivity contribution in [3.63, 3.8) is 0 Å². The van der Waals surface area contributed by atoms with Crippen LogP contribution in [0.3, 0.4) is 0 Å². The van der Waals surface area contributed by atoms with Gasteiger partial charge in [0, 0.05) is 12.8 Å². The number of Topliss-reactive ketones (excluding diaryl/α,β-unsaturated/α-hetero) is 1. The molecule has 0 radical (unpaired) electrons. The van der Waals surface area contributed by atoms with Gasteiger partial charge in [0.05, 0.1) is 0 Å². The number of ketones is 1. The van der Waals surface area contributed by atoms with Crippen molar-refractivity contribution in [2.75, 3.05) is 0 Å². The minimum Gasteiger partial charge on any atom is -0.489 e. The van der Waals surface area contributed by atoms with Gasteiger partial charge in [-0.2, -0.15) is 0 Å². The van der Waals surface area contributed by atoms with E-state index in [0.29, 0.717) is 31.1 Å². The predicted octanol–water partition coefficient (Wildman–Crippen LogP) is 5.52. The Balaban J connectivity index is 1.90. The molecule has 0 bridgehead atoms. The quantitative estimate of drug-likeness (QED) is 0.609. The summed E-state index contributed by atoms with van der Waals surface area (Å²) in [7, 11) is 0. The van der Waals surface area contributed by atoms with E-state index in [0.717, 1.165) is 18.6 Å². The SMILES string of the molecule is CCC(=O)CCC(CC)c1ccc(OCc2ccccc2)cc1. The van der Waals surface area contributed by atoms with Gasteiger partial charge in [-0.15, -0.1) is 0 Å². The molecular weight excluding hydrogens is 284 g/mol. The molecule has 0 saturated carbocycles. The van der Waals surface area contributed by atoms with Gasteiger partial charge in [0.25, 0.3) is 0 Å². The van der Waals surface area contributed by atoms with Crippen LogP contribution in [-0.2, 0) is 11.4 Å². The first kappa shape index (κ1) is 17.3. The molecule has 2 aromatic rings. The van der Waals surface area contributed by atoms with Crippen molar-refractivity contribution < 1.29 is 9.53 Å². The van der Waals surface area contributed by atoms with Gasteiger partial charge in [-0.3, -0.25) is 4.79 Å². The number of carbonyl (C=O) groups is 1. The van der Waals surface area contributed by atoms with Crippen molar-refractivity contribution in [2.24, 2.45) is 0 Å². The molecule has 122 valence electrons. The van der Waals surface area contributed by atoms with E-state index in [1.54, 1.807) is 0 Å². The zero-order valence-corrected chi connectivity index (χ0v) is 14.1. The molecule has 2 rings (SSSR count). The lowest BCUT2D eigenvalue weighted by molar-refractivity contribution is -0.118. The Morgan fingerprint density at radius 1 is 1.00 bits per heavy atom. The standard InChI is InChI=1S/C21H26O2/c1-3-18(10-13-20(22)4-2)19-11-14-21(15-12-19)23-16-17-8-6-5-7-9-17/h5-9,11-12,14-15,18H,3-4,10,13,16H2,1-2H3. The maximum absolute atomic E-state index is 11.5. The van der Waals surface area contributed by atoms with Gasteiger partial charge in [0.1, 0.15) is 18.1 Å². The summed E-state index contributed by atoms with van der Waals surface area (Å²) in [4.78, 5) is 11.5. The van der Waals surface area contributed by atoms with Gasteiger partial charge in [0.2, 0.25) is 0 Å². The van der Waals surface area contributed by atoms with Crippen molar-refractivity contribution in [1.82, 2.24) is 0 Å². The Bertz CT molecular complexity index is 587. The average molecular weight is 310 g/mol. The Morgan fingerprint density at radius 3 is 2.30 bits per heavy atom. The summed E-state index contributed by atoms with van der Waals surface area (Å²) < 4.78 is 5.82. The third-order valence-electron chi connectivity index (χ3n) is 4.26. The zero-order valence-electron chi connectivity index (χ0n) is 14.1. The van der Waals surface area contributed by atoms with E-state index in [1.165, 1.54) is 11.1 Å². The van der Waals surface area contributed by atoms with Crippen LogP contribution < -0.4 is 4.74 Å². The second-order valence-electron chi connectivity index (χ2n) is 5.88. The molecule has 0 aliphatic heterocycles. The summed E-state index contributed by atoms with van der Waals surface area (Å²) in [5.74, 6) is 1.69. The average Bonchev–Trinajstić information content (AvgIpc) is 2.62. The number of hydrogen-bond acceptors (Lipinski definition) is 2. The normalized spacial score (nSPS) is 11.9. The zero-order chi connectivity index (χ0) is 16.5. The molecule has 2 heteroatoms. The van der Waals surface area contributed by atoms with Gasteiger partial charge in [-0.1, -0.05) is 56.3 Å². The van der Waals surface area contributed by atoms with E-state index >= 15 is 0 Å². The smallest absolute Gasteiger partial charge is 0.132 e. The number of ether oxygens (including phenoxy) is 1. The second-order valence-corrected chi connectivity index (χ2v) is 5.88. The monoisotopic (exact) mass is 310 g/mol. The molecule has 0 aromatic heterocycles. The largest absolute Gasteiger partial charge is 0.489 e. The molecule has 2 nitrogen and oxygen atoms in total. The van der Waals surface area contributed by atoms with Crippen LogP contribution in [-0.4, -0.2) is 5.78 Å². The van der Waals surface area contributed by atoms with Crippen LogP contribution in [0, 0.1) is 0 Å². The highest BCUT2D eigenvalue weighted by molar-refractivity contribution is 5.78. The molecule has 0 heterocycles. The van der Waals surface area contributed by atoms with Crippen LogP contribution >= 0.6 is 0 Å². The number of hydrogen-bond donors (Lipinski definition) is 0. The summed E-state index contributed by atoms with van der Waals surface area (Å²) >= 11 is 0. The maximum atomic E-state index is 11.5. The van der Waals surface area contributed by atoms with Gasteiger partial charge in [0.15, 0.2) is 0 Å². The highest BCUT2D eigenvalue weighted by Crippen LogP contribution is 2.27. The Kier molecular flexibility index (Phi) is 6.86. The summed E-state index contributed by atoms with van der Waals surface area (Å²) in [5.41, 5.74) is 2.46. The predicted molar refractivity (Wildman–Crippen MR) is 94.8 cm³/mol. The fourth-order valence-corrected chi connectivity index (χ4v) is 2.70. The molecule has 23 heavy (non-hydrogen) atoms. The molecule has 0 fully saturated rings. The van der Waals surface area contributed by atoms with Gasteiger partial charge < -0.3 is 4.74 Å². The molecule has 0 aliphatic rings. The Labute approximate surface area is 139 Å². The lowest BCUT2D eigenvalue weighted by atomic mass is 9.91. The van der Waals surface area contributed by atoms with E-state index in [2.05, 4.69) is 31.2 Å². The van der Waals surface area contributed by atoms with E-state index in [-0.39, 0.29) is 0 Å². The van der Waals surface area contributed by atoms with Crippen molar-refractivity contribution in [3.05, 3.63) is 65.7 Å². The van der Waals surface area contributed by atoms with E-state index in [4.69, 9.17) is 4.74 Å². The molecular formula is C21H26O2. The lowest BCUT2D eigenvalue weighted by Gasteiger charge is -2.15. The summed E-state index contributed by atoms with van der Waals surface area (Å²) in [6, 6.07) is 18.5. The van der Waals surface area contributed by atoms with Crippen molar-refractivity contribution in [1.29, 1.82) is 0 Å². The molecule has 1 atom stereocenters. The minimum absolute atomic E-state index is 0.353. The van der Waals surface area contributed by atoms with E-state index in [1.807, 2.05) is 37.3 Å². The second kappa shape index (κ2) is 9.14. The van der Waals surface area contributed by atoms with Crippen LogP contribution in [0.1, 0.15) is 56.6 Å². The summed E-state index contributed by atoms with van der Waals surface area (Å²) in [5, 5.41) is 0. The fourth-order valence-electron chi connectivity index (χ4n) is 2.70. The fraction of sp³-hybridized carbons (Fsp3) is 0.381. The summed E-state index contributed by atoms with van der Waals surface area (Å²) in [6.45, 7) is 4.70. The van der Waals surface area contributed by atoms with Crippen LogP contribution in [0.15, 0.2) is 54.6 Å². The third kappa shape index (κ3) is 5.55. The molecule has 1 unspecified atom stereocenters. The number of rotatable bonds is 9. The lowest BCUT2D eigenvalue weighted by Crippen LogP contribution is -2.03. The molecule has 0 N–H and O–H groups in total. The Hall–Kier alpha value is -2.09. The first-order chi connectivity index (χ1) is 11.2. The van der Waals surface area contributed by atoms with Gasteiger partial charge in [-0.25, -0.2) is 0 Å². The molecule has 0 spiro atoms. The minimum atomic E-state index is 0.353. The highest BCUT2D eigenvalue weighted by Gasteiger charge is 2.11. The van der Waals surface area contributed by atoms with Crippen molar-refractivity contribution in [2.45, 2.75) is 52.1 Å². The van der Waals surface area contributed by atoms with Gasteiger partial charge >= 0.3 is 0 Å². The van der Waals surface area contributed by atoms with E-state index < -0.39 is 0 Å². The third-order valence-corrected chi connectivity index (χ3v) is 4.26. The van der Waals surface area contributed by atoms with Crippen LogP contribution in [0.25, 0.3) is 0 Å². The van der Waals surface area contributed by atoms with Crippen molar-refractivity contribution in [3.8, 4) is 5.75 Å². The van der Waals surface area contributed by atoms with Crippen LogP contribution in [0.4, 0.5) is 0 Å². The molecule has 0 saturated heterocycles. The highest BCUT2D eigenvalue weighted by atomic mass is 16.5. The van der Waals surface area contributed by atoms with Crippen LogP contribution in [0.5, 0.6) is 5.75 Å². The topological polar surface area (TPSA) is 26.3 Å². The van der Waals surface area contributed by atoms with Gasteiger partial charge in [-0.05, 0) is 42.0 Å². The summed E-state index contributed by atoms with van der Waals surface area (Å²) in [6.07, 6.45) is 3.32. The molecule has 2 aromatic carbocycles. The van der Waals surface area contributed by atoms with Crippen molar-refractivity contribution >= 4 is 5.78 Å². The first-order valence-electron chi connectivity index (χ1n) is 8.51. The molecule has 0 amide bonds. The number of carbonyl (C=O) groups excluding carboxylic acids is 1. The first-order valence-corrected chi connectivity index (χ1v) is 8.51. The van der Waals surface area contributed by atoms with E-state index in [9.17, 15) is 4.79 Å².